The van der Waals surface area contributed by atoms with Crippen molar-refractivity contribution >= 4 is 29.2 Å². The number of hydrogen-bond acceptors (Lipinski definition) is 5. The third-order valence-electron chi connectivity index (χ3n) is 3.44. The molecule has 2 aromatic rings. The molecular formula is C14H10ClN3O4. The lowest BCUT2D eigenvalue weighted by Crippen LogP contribution is -2.24. The number of anilines is 1. The van der Waals surface area contributed by atoms with Gasteiger partial charge in [0.1, 0.15) is 11.6 Å². The number of carbonyl (C=O) groups is 2. The Hall–Kier alpha value is -2.80. The summed E-state index contributed by atoms with van der Waals surface area (Å²) in [4.78, 5) is 35.7. The number of nitrogens with two attached hydrogens (primary N) is 1. The highest BCUT2D eigenvalue weighted by Crippen LogP contribution is 2.32. The molecule has 4 N–H and O–H groups in total. The van der Waals surface area contributed by atoms with Gasteiger partial charge in [-0.25, -0.2) is 0 Å². The number of amides is 2. The van der Waals surface area contributed by atoms with Crippen molar-refractivity contribution < 1.29 is 14.7 Å². The summed E-state index contributed by atoms with van der Waals surface area (Å²) in [6, 6.07) is 3.87. The minimum Gasteiger partial charge on any atom is -0.505 e. The highest BCUT2D eigenvalue weighted by Gasteiger charge is 2.32. The SMILES string of the molecule is Cc1cc(Cl)cc(-n2c(N)c3c(cc2=O)C(=O)NC3=O)c1O. The Morgan fingerprint density at radius 1 is 1.18 bits per heavy atom. The van der Waals surface area contributed by atoms with Crippen LogP contribution in [-0.2, 0) is 0 Å². The number of benzene rings is 1. The molecule has 1 aliphatic rings. The van der Waals surface area contributed by atoms with Gasteiger partial charge in [-0.15, -0.1) is 0 Å². The van der Waals surface area contributed by atoms with Gasteiger partial charge in [0.25, 0.3) is 17.4 Å². The summed E-state index contributed by atoms with van der Waals surface area (Å²) in [6.45, 7) is 1.61. The average Bonchev–Trinajstić information content (AvgIpc) is 2.70. The third-order valence-corrected chi connectivity index (χ3v) is 3.66. The van der Waals surface area contributed by atoms with Crippen molar-refractivity contribution in [2.75, 3.05) is 5.73 Å². The topological polar surface area (TPSA) is 114 Å². The number of imide groups is 1. The summed E-state index contributed by atoms with van der Waals surface area (Å²) < 4.78 is 0.950. The summed E-state index contributed by atoms with van der Waals surface area (Å²) in [5, 5.41) is 12.5. The predicted molar refractivity (Wildman–Crippen MR) is 79.7 cm³/mol. The average molecular weight is 320 g/mol. The van der Waals surface area contributed by atoms with Crippen LogP contribution in [0.4, 0.5) is 5.82 Å². The maximum absolute atomic E-state index is 12.3. The van der Waals surface area contributed by atoms with E-state index in [0.29, 0.717) is 5.56 Å². The van der Waals surface area contributed by atoms with Crippen molar-refractivity contribution in [1.29, 1.82) is 0 Å². The first-order valence-corrected chi connectivity index (χ1v) is 6.59. The zero-order chi connectivity index (χ0) is 16.2. The van der Waals surface area contributed by atoms with Crippen LogP contribution in [0.5, 0.6) is 5.75 Å². The number of aromatic hydroxyl groups is 1. The van der Waals surface area contributed by atoms with Gasteiger partial charge in [-0.05, 0) is 24.6 Å². The quantitative estimate of drug-likeness (QED) is 0.678. The van der Waals surface area contributed by atoms with Crippen LogP contribution in [0.3, 0.4) is 0 Å². The lowest BCUT2D eigenvalue weighted by molar-refractivity contribution is 0.0880. The molecule has 7 nitrogen and oxygen atoms in total. The number of aromatic nitrogens is 1. The van der Waals surface area contributed by atoms with E-state index in [1.54, 1.807) is 6.92 Å². The van der Waals surface area contributed by atoms with Crippen LogP contribution >= 0.6 is 11.6 Å². The van der Waals surface area contributed by atoms with Gasteiger partial charge in [-0.1, -0.05) is 11.6 Å². The number of phenols is 1. The molecule has 0 aliphatic carbocycles. The second-order valence-electron chi connectivity index (χ2n) is 4.87. The monoisotopic (exact) mass is 319 g/mol. The van der Waals surface area contributed by atoms with Gasteiger partial charge >= 0.3 is 0 Å². The van der Waals surface area contributed by atoms with Crippen LogP contribution in [0.25, 0.3) is 5.69 Å². The van der Waals surface area contributed by atoms with Crippen molar-refractivity contribution in [3.05, 3.63) is 50.3 Å². The van der Waals surface area contributed by atoms with E-state index < -0.39 is 17.4 Å². The second-order valence-corrected chi connectivity index (χ2v) is 5.30. The zero-order valence-electron chi connectivity index (χ0n) is 11.3. The molecule has 0 saturated carbocycles. The maximum atomic E-state index is 12.3. The molecule has 0 unspecified atom stereocenters. The number of phenolic OH excluding ortho intramolecular Hbond substituents is 1. The molecular weight excluding hydrogens is 310 g/mol. The van der Waals surface area contributed by atoms with Crippen LogP contribution in [0.15, 0.2) is 23.0 Å². The second kappa shape index (κ2) is 4.60. The maximum Gasteiger partial charge on any atom is 0.262 e. The molecule has 22 heavy (non-hydrogen) atoms. The first-order chi connectivity index (χ1) is 10.3. The van der Waals surface area contributed by atoms with Gasteiger partial charge in [-0.3, -0.25) is 24.3 Å². The molecule has 0 radical (unpaired) electrons. The van der Waals surface area contributed by atoms with Crippen molar-refractivity contribution in [2.45, 2.75) is 6.92 Å². The number of nitrogen functional groups attached to an aromatic ring is 1. The zero-order valence-corrected chi connectivity index (χ0v) is 12.1. The number of pyridine rings is 1. The van der Waals surface area contributed by atoms with Crippen molar-refractivity contribution in [3.63, 3.8) is 0 Å². The van der Waals surface area contributed by atoms with E-state index in [1.165, 1.54) is 12.1 Å². The number of hydrogen-bond donors (Lipinski definition) is 3. The lowest BCUT2D eigenvalue weighted by Gasteiger charge is -2.14. The van der Waals surface area contributed by atoms with Gasteiger partial charge in [0.2, 0.25) is 0 Å². The molecule has 112 valence electrons. The summed E-state index contributed by atoms with van der Waals surface area (Å²) in [5.41, 5.74) is 5.54. The summed E-state index contributed by atoms with van der Waals surface area (Å²) in [6.07, 6.45) is 0. The summed E-state index contributed by atoms with van der Waals surface area (Å²) >= 11 is 5.95. The molecule has 0 bridgehead atoms. The molecule has 0 atom stereocenters. The number of rotatable bonds is 1. The number of nitrogens with zero attached hydrogens (tertiary/aromatic N) is 1. The van der Waals surface area contributed by atoms with Crippen LogP contribution < -0.4 is 16.6 Å². The normalized spacial score (nSPS) is 13.2. The standard InChI is InChI=1S/C14H10ClN3O4/c1-5-2-6(15)3-8(11(5)20)18-9(19)4-7-10(12(18)16)14(22)17-13(7)21/h2-4,20H,16H2,1H3,(H,17,21,22). The van der Waals surface area contributed by atoms with Gasteiger partial charge in [0.05, 0.1) is 16.8 Å². The Morgan fingerprint density at radius 3 is 2.55 bits per heavy atom. The Bertz CT molecular complexity index is 917. The molecule has 2 amide bonds. The molecule has 1 aromatic carbocycles. The fraction of sp³-hybridized carbons (Fsp3) is 0.0714. The van der Waals surface area contributed by atoms with Crippen molar-refractivity contribution in [2.24, 2.45) is 0 Å². The fourth-order valence-electron chi connectivity index (χ4n) is 2.42. The van der Waals surface area contributed by atoms with Gasteiger partial charge in [-0.2, -0.15) is 0 Å². The van der Waals surface area contributed by atoms with Crippen LogP contribution in [0.1, 0.15) is 26.3 Å². The highest BCUT2D eigenvalue weighted by atomic mass is 35.5. The van der Waals surface area contributed by atoms with Gasteiger partial charge in [0.15, 0.2) is 0 Å². The number of nitrogens with one attached hydrogen (secondary N) is 1. The van der Waals surface area contributed by atoms with E-state index in [1.807, 2.05) is 0 Å². The number of fused-ring (bicyclic) bond motifs is 1. The molecule has 0 spiro atoms. The smallest absolute Gasteiger partial charge is 0.262 e. The van der Waals surface area contributed by atoms with E-state index in [2.05, 4.69) is 5.32 Å². The lowest BCUT2D eigenvalue weighted by atomic mass is 10.1. The Kier molecular flexibility index (Phi) is 2.96. The summed E-state index contributed by atoms with van der Waals surface area (Å²) in [7, 11) is 0. The first kappa shape index (κ1) is 14.2. The minimum absolute atomic E-state index is 0.0439. The molecule has 0 fully saturated rings. The van der Waals surface area contributed by atoms with E-state index in [9.17, 15) is 19.5 Å². The van der Waals surface area contributed by atoms with E-state index in [-0.39, 0.29) is 33.4 Å². The Balaban J connectivity index is 2.40. The Morgan fingerprint density at radius 2 is 1.86 bits per heavy atom. The number of aryl methyl sites for hydroxylation is 1. The molecule has 2 heterocycles. The van der Waals surface area contributed by atoms with Gasteiger partial charge < -0.3 is 10.8 Å². The third kappa shape index (κ3) is 1.86. The molecule has 1 aliphatic heterocycles. The Labute approximate surface area is 128 Å². The number of halogens is 1. The fourth-order valence-corrected chi connectivity index (χ4v) is 2.68. The van der Waals surface area contributed by atoms with E-state index >= 15 is 0 Å². The predicted octanol–water partition coefficient (Wildman–Crippen LogP) is 0.971. The number of carbonyl (C=O) groups excluding carboxylic acids is 2. The van der Waals surface area contributed by atoms with Crippen molar-refractivity contribution in [3.8, 4) is 11.4 Å². The molecule has 1 aromatic heterocycles. The van der Waals surface area contributed by atoms with Crippen molar-refractivity contribution in [1.82, 2.24) is 9.88 Å². The van der Waals surface area contributed by atoms with Crippen LogP contribution in [0, 0.1) is 6.92 Å². The first-order valence-electron chi connectivity index (χ1n) is 6.22. The minimum atomic E-state index is -0.690. The van der Waals surface area contributed by atoms with E-state index in [4.69, 9.17) is 17.3 Å². The highest BCUT2D eigenvalue weighted by molar-refractivity contribution is 6.31. The van der Waals surface area contributed by atoms with Crippen LogP contribution in [-0.4, -0.2) is 21.5 Å². The molecule has 0 saturated heterocycles. The van der Waals surface area contributed by atoms with E-state index in [0.717, 1.165) is 10.6 Å². The molecule has 3 rings (SSSR count). The van der Waals surface area contributed by atoms with Gasteiger partial charge in [0, 0.05) is 11.1 Å². The largest absolute Gasteiger partial charge is 0.505 e. The summed E-state index contributed by atoms with van der Waals surface area (Å²) in [5.74, 6) is -1.79. The molecule has 8 heteroatoms. The van der Waals surface area contributed by atoms with Crippen LogP contribution in [0.2, 0.25) is 5.02 Å².